The van der Waals surface area contributed by atoms with E-state index in [0.717, 1.165) is 18.6 Å². The monoisotopic (exact) mass is 371 g/mol. The molecule has 7 heteroatoms. The number of sulfonamides is 1. The van der Waals surface area contributed by atoms with Gasteiger partial charge in [-0.2, -0.15) is 17.5 Å². The van der Waals surface area contributed by atoms with E-state index in [1.165, 1.54) is 10.4 Å². The minimum atomic E-state index is -4.56. The molecule has 1 aromatic carbocycles. The standard InChI is InChI=1S/C18H20F3NO2S/c19-18(20,21)16-7-4-8-17(13-16)25(23,24)22-11-9-15(10-12-22)14-5-2-1-3-6-14/h2-8,13-15H,1,9-12H2. The van der Waals surface area contributed by atoms with Crippen LogP contribution in [0.25, 0.3) is 0 Å². The summed E-state index contributed by atoms with van der Waals surface area (Å²) < 4.78 is 65.2. The SMILES string of the molecule is O=S(=O)(c1cccc(C(F)(F)F)c1)N1CCC(C2C=CCC=C2)CC1. The van der Waals surface area contributed by atoms with Crippen molar-refractivity contribution in [3.63, 3.8) is 0 Å². The van der Waals surface area contributed by atoms with Crippen LogP contribution in [0.1, 0.15) is 24.8 Å². The van der Waals surface area contributed by atoms with E-state index >= 15 is 0 Å². The lowest BCUT2D eigenvalue weighted by atomic mass is 9.83. The van der Waals surface area contributed by atoms with Crippen LogP contribution in [-0.2, 0) is 16.2 Å². The van der Waals surface area contributed by atoms with Crippen molar-refractivity contribution in [2.24, 2.45) is 11.8 Å². The third kappa shape index (κ3) is 3.98. The summed E-state index contributed by atoms with van der Waals surface area (Å²) in [6, 6.07) is 3.96. The molecular weight excluding hydrogens is 351 g/mol. The van der Waals surface area contributed by atoms with E-state index in [1.807, 2.05) is 0 Å². The lowest BCUT2D eigenvalue weighted by Gasteiger charge is -2.34. The number of hydrogen-bond donors (Lipinski definition) is 0. The smallest absolute Gasteiger partial charge is 0.207 e. The number of piperidine rings is 1. The van der Waals surface area contributed by atoms with Crippen molar-refractivity contribution in [2.45, 2.75) is 30.3 Å². The predicted molar refractivity (Wildman–Crippen MR) is 89.3 cm³/mol. The quantitative estimate of drug-likeness (QED) is 0.746. The Morgan fingerprint density at radius 1 is 1.04 bits per heavy atom. The topological polar surface area (TPSA) is 37.4 Å². The summed E-state index contributed by atoms with van der Waals surface area (Å²) in [5.74, 6) is 0.702. The molecule has 0 aromatic heterocycles. The van der Waals surface area contributed by atoms with E-state index in [4.69, 9.17) is 0 Å². The molecule has 0 saturated carbocycles. The second kappa shape index (κ2) is 6.96. The molecule has 1 aliphatic heterocycles. The largest absolute Gasteiger partial charge is 0.416 e. The molecule has 0 amide bonds. The first-order valence-corrected chi connectivity index (χ1v) is 9.73. The van der Waals surface area contributed by atoms with Crippen molar-refractivity contribution in [3.05, 3.63) is 54.1 Å². The van der Waals surface area contributed by atoms with Gasteiger partial charge in [0.15, 0.2) is 0 Å². The zero-order valence-corrected chi connectivity index (χ0v) is 14.4. The van der Waals surface area contributed by atoms with E-state index in [9.17, 15) is 21.6 Å². The van der Waals surface area contributed by atoms with Gasteiger partial charge in [-0.3, -0.25) is 0 Å². The van der Waals surface area contributed by atoms with Crippen molar-refractivity contribution < 1.29 is 21.6 Å². The van der Waals surface area contributed by atoms with E-state index in [2.05, 4.69) is 24.3 Å². The lowest BCUT2D eigenvalue weighted by molar-refractivity contribution is -0.137. The van der Waals surface area contributed by atoms with Crippen LogP contribution in [0, 0.1) is 11.8 Å². The lowest BCUT2D eigenvalue weighted by Crippen LogP contribution is -2.39. The Morgan fingerprint density at radius 3 is 2.28 bits per heavy atom. The van der Waals surface area contributed by atoms with E-state index in [0.29, 0.717) is 43.8 Å². The highest BCUT2D eigenvalue weighted by molar-refractivity contribution is 7.89. The van der Waals surface area contributed by atoms with Gasteiger partial charge in [0, 0.05) is 13.1 Å². The summed E-state index contributed by atoms with van der Waals surface area (Å²) in [4.78, 5) is -0.293. The highest BCUT2D eigenvalue weighted by atomic mass is 32.2. The maximum absolute atomic E-state index is 12.8. The number of hydrogen-bond acceptors (Lipinski definition) is 2. The second-order valence-corrected chi connectivity index (χ2v) is 8.37. The highest BCUT2D eigenvalue weighted by Gasteiger charge is 2.34. The van der Waals surface area contributed by atoms with E-state index in [1.54, 1.807) is 0 Å². The molecule has 0 unspecified atom stereocenters. The number of benzene rings is 1. The third-order valence-corrected chi connectivity index (χ3v) is 6.73. The van der Waals surface area contributed by atoms with Crippen molar-refractivity contribution in [1.29, 1.82) is 0 Å². The molecule has 1 aromatic rings. The normalized spacial score (nSPS) is 20.9. The van der Waals surface area contributed by atoms with Gasteiger partial charge in [-0.05, 0) is 49.3 Å². The van der Waals surface area contributed by atoms with Crippen LogP contribution < -0.4 is 0 Å². The average Bonchev–Trinajstić information content (AvgIpc) is 2.62. The van der Waals surface area contributed by atoms with Crippen LogP contribution in [0.15, 0.2) is 53.5 Å². The van der Waals surface area contributed by atoms with Crippen molar-refractivity contribution in [3.8, 4) is 0 Å². The fourth-order valence-electron chi connectivity index (χ4n) is 3.41. The Balaban J connectivity index is 1.73. The summed E-state index contributed by atoms with van der Waals surface area (Å²) in [5, 5.41) is 0. The fourth-order valence-corrected chi connectivity index (χ4v) is 4.93. The Morgan fingerprint density at radius 2 is 1.68 bits per heavy atom. The Bertz CT molecular complexity index is 764. The zero-order chi connectivity index (χ0) is 18.1. The summed E-state index contributed by atoms with van der Waals surface area (Å²) in [5.41, 5.74) is -0.944. The maximum Gasteiger partial charge on any atom is 0.416 e. The fraction of sp³-hybridized carbons (Fsp3) is 0.444. The minimum Gasteiger partial charge on any atom is -0.207 e. The summed E-state index contributed by atoms with van der Waals surface area (Å²) in [7, 11) is -3.90. The molecule has 0 radical (unpaired) electrons. The molecule has 0 N–H and O–H groups in total. The number of nitrogens with zero attached hydrogens (tertiary/aromatic N) is 1. The molecule has 3 rings (SSSR count). The van der Waals surface area contributed by atoms with Gasteiger partial charge in [0.05, 0.1) is 10.5 Å². The van der Waals surface area contributed by atoms with Crippen LogP contribution in [-0.4, -0.2) is 25.8 Å². The average molecular weight is 371 g/mol. The van der Waals surface area contributed by atoms with Gasteiger partial charge in [-0.25, -0.2) is 8.42 Å². The molecular formula is C18H20F3NO2S. The summed E-state index contributed by atoms with van der Waals surface area (Å²) >= 11 is 0. The van der Waals surface area contributed by atoms with Crippen molar-refractivity contribution in [2.75, 3.05) is 13.1 Å². The van der Waals surface area contributed by atoms with Crippen LogP contribution in [0.2, 0.25) is 0 Å². The van der Waals surface area contributed by atoms with Gasteiger partial charge in [0.25, 0.3) is 0 Å². The molecule has 1 saturated heterocycles. The highest BCUT2D eigenvalue weighted by Crippen LogP contribution is 2.33. The summed E-state index contributed by atoms with van der Waals surface area (Å²) in [6.07, 6.45) is 6.31. The molecule has 0 spiro atoms. The van der Waals surface area contributed by atoms with E-state index in [-0.39, 0.29) is 4.90 Å². The molecule has 25 heavy (non-hydrogen) atoms. The predicted octanol–water partition coefficient (Wildman–Crippen LogP) is 4.24. The molecule has 0 bridgehead atoms. The first kappa shape index (κ1) is 18.2. The first-order chi connectivity index (χ1) is 11.8. The van der Waals surface area contributed by atoms with E-state index < -0.39 is 21.8 Å². The molecule has 1 aliphatic carbocycles. The van der Waals surface area contributed by atoms with Gasteiger partial charge in [-0.1, -0.05) is 30.4 Å². The summed E-state index contributed by atoms with van der Waals surface area (Å²) in [6.45, 7) is 0.669. The second-order valence-electron chi connectivity index (χ2n) is 6.44. The Hall–Kier alpha value is -1.60. The van der Waals surface area contributed by atoms with Gasteiger partial charge in [0.1, 0.15) is 0 Å². The van der Waals surface area contributed by atoms with Gasteiger partial charge in [0.2, 0.25) is 10.0 Å². The zero-order valence-electron chi connectivity index (χ0n) is 13.6. The van der Waals surface area contributed by atoms with Crippen LogP contribution in [0.4, 0.5) is 13.2 Å². The number of allylic oxidation sites excluding steroid dienone is 4. The van der Waals surface area contributed by atoms with Gasteiger partial charge < -0.3 is 0 Å². The van der Waals surface area contributed by atoms with Crippen LogP contribution in [0.5, 0.6) is 0 Å². The third-order valence-electron chi connectivity index (χ3n) is 4.83. The molecule has 3 nitrogen and oxygen atoms in total. The molecule has 1 fully saturated rings. The Labute approximate surface area is 145 Å². The number of alkyl halides is 3. The van der Waals surface area contributed by atoms with Crippen molar-refractivity contribution >= 4 is 10.0 Å². The maximum atomic E-state index is 12.8. The molecule has 2 aliphatic rings. The first-order valence-electron chi connectivity index (χ1n) is 8.29. The van der Waals surface area contributed by atoms with Crippen molar-refractivity contribution in [1.82, 2.24) is 4.31 Å². The van der Waals surface area contributed by atoms with Gasteiger partial charge in [-0.15, -0.1) is 0 Å². The van der Waals surface area contributed by atoms with Gasteiger partial charge >= 0.3 is 6.18 Å². The van der Waals surface area contributed by atoms with Crippen LogP contribution >= 0.6 is 0 Å². The molecule has 1 heterocycles. The molecule has 136 valence electrons. The van der Waals surface area contributed by atoms with Crippen LogP contribution in [0.3, 0.4) is 0 Å². The number of halogens is 3. The number of rotatable bonds is 3. The minimum absolute atomic E-state index is 0.293. The Kier molecular flexibility index (Phi) is 5.06. The molecule has 0 atom stereocenters.